The van der Waals surface area contributed by atoms with E-state index in [0.717, 1.165) is 11.3 Å². The quantitative estimate of drug-likeness (QED) is 0.878. The van der Waals surface area contributed by atoms with E-state index in [0.29, 0.717) is 31.0 Å². The summed E-state index contributed by atoms with van der Waals surface area (Å²) in [7, 11) is 1.89. The third-order valence-corrected chi connectivity index (χ3v) is 4.05. The molecule has 1 unspecified atom stereocenters. The molecule has 7 heteroatoms. The summed E-state index contributed by atoms with van der Waals surface area (Å²) in [5.74, 6) is 1.30. The zero-order valence-corrected chi connectivity index (χ0v) is 15.4. The first-order valence-electron chi connectivity index (χ1n) is 8.29. The highest BCUT2D eigenvalue weighted by atomic mass is 16.5. The number of amides is 1. The molecule has 0 radical (unpaired) electrons. The van der Waals surface area contributed by atoms with Crippen molar-refractivity contribution < 1.29 is 9.32 Å². The maximum absolute atomic E-state index is 12.1. The van der Waals surface area contributed by atoms with E-state index < -0.39 is 0 Å². The fraction of sp³-hybridized carbons (Fsp3) is 0.647. The van der Waals surface area contributed by atoms with Crippen LogP contribution in [0, 0.1) is 6.92 Å². The van der Waals surface area contributed by atoms with Crippen molar-refractivity contribution in [2.45, 2.75) is 65.3 Å². The number of hydrogen-bond acceptors (Lipinski definition) is 5. The van der Waals surface area contributed by atoms with Crippen LogP contribution in [0.3, 0.4) is 0 Å². The van der Waals surface area contributed by atoms with Gasteiger partial charge in [0.1, 0.15) is 0 Å². The molecule has 0 aliphatic rings. The van der Waals surface area contributed by atoms with Crippen molar-refractivity contribution in [3.8, 4) is 0 Å². The lowest BCUT2D eigenvalue weighted by Crippen LogP contribution is -2.26. The molecule has 1 N–H and O–H groups in total. The molecule has 1 atom stereocenters. The number of aromatic nitrogens is 4. The number of carbonyl (C=O) groups excluding carboxylic acids is 1. The van der Waals surface area contributed by atoms with E-state index in [2.05, 4.69) is 20.6 Å². The highest BCUT2D eigenvalue weighted by Crippen LogP contribution is 2.19. The molecule has 0 spiro atoms. The van der Waals surface area contributed by atoms with Crippen LogP contribution < -0.4 is 5.32 Å². The summed E-state index contributed by atoms with van der Waals surface area (Å²) in [6, 6.07) is -0.0536. The number of carbonyl (C=O) groups is 1. The molecule has 24 heavy (non-hydrogen) atoms. The first kappa shape index (κ1) is 18.2. The zero-order chi connectivity index (χ0) is 17.9. The summed E-state index contributed by atoms with van der Waals surface area (Å²) >= 11 is 0. The Morgan fingerprint density at radius 2 is 2.12 bits per heavy atom. The average molecular weight is 333 g/mol. The van der Waals surface area contributed by atoms with Gasteiger partial charge in [0.25, 0.3) is 0 Å². The molecule has 0 aliphatic carbocycles. The van der Waals surface area contributed by atoms with Gasteiger partial charge >= 0.3 is 0 Å². The van der Waals surface area contributed by atoms with Gasteiger partial charge in [-0.3, -0.25) is 9.48 Å². The number of aryl methyl sites for hydroxylation is 2. The lowest BCUT2D eigenvalue weighted by Gasteiger charge is -2.13. The molecule has 0 fully saturated rings. The highest BCUT2D eigenvalue weighted by Gasteiger charge is 2.21. The molecule has 1 amide bonds. The first-order valence-corrected chi connectivity index (χ1v) is 8.29. The van der Waals surface area contributed by atoms with Crippen molar-refractivity contribution >= 4 is 5.91 Å². The van der Waals surface area contributed by atoms with E-state index in [4.69, 9.17) is 4.52 Å². The third kappa shape index (κ3) is 4.43. The Bertz CT molecular complexity index is 696. The Hall–Kier alpha value is -2.18. The number of rotatable bonds is 6. The van der Waals surface area contributed by atoms with Crippen molar-refractivity contribution in [3.63, 3.8) is 0 Å². The van der Waals surface area contributed by atoms with Crippen LogP contribution in [0.1, 0.15) is 69.6 Å². The Morgan fingerprint density at radius 1 is 1.42 bits per heavy atom. The number of nitrogens with zero attached hydrogens (tertiary/aromatic N) is 4. The molecule has 0 saturated carbocycles. The van der Waals surface area contributed by atoms with Gasteiger partial charge in [0, 0.05) is 36.6 Å². The van der Waals surface area contributed by atoms with Gasteiger partial charge in [-0.2, -0.15) is 10.1 Å². The van der Waals surface area contributed by atoms with Gasteiger partial charge in [-0.1, -0.05) is 25.9 Å². The molecule has 0 saturated heterocycles. The van der Waals surface area contributed by atoms with Crippen LogP contribution in [0.2, 0.25) is 0 Å². The van der Waals surface area contributed by atoms with E-state index in [9.17, 15) is 4.79 Å². The predicted molar refractivity (Wildman–Crippen MR) is 90.4 cm³/mol. The monoisotopic (exact) mass is 333 g/mol. The van der Waals surface area contributed by atoms with Crippen molar-refractivity contribution in [1.29, 1.82) is 0 Å². The summed E-state index contributed by atoms with van der Waals surface area (Å²) in [5.41, 5.74) is 1.97. The van der Waals surface area contributed by atoms with Crippen molar-refractivity contribution in [1.82, 2.24) is 25.2 Å². The van der Waals surface area contributed by atoms with Gasteiger partial charge < -0.3 is 9.84 Å². The van der Waals surface area contributed by atoms with E-state index >= 15 is 0 Å². The Kier molecular flexibility index (Phi) is 5.41. The molecule has 0 bridgehead atoms. The van der Waals surface area contributed by atoms with Crippen LogP contribution in [0.25, 0.3) is 0 Å². The summed E-state index contributed by atoms with van der Waals surface area (Å²) < 4.78 is 7.04. The average Bonchev–Trinajstić information content (AvgIpc) is 3.07. The molecule has 0 aliphatic heterocycles. The van der Waals surface area contributed by atoms with Crippen LogP contribution in [0.15, 0.2) is 10.7 Å². The lowest BCUT2D eigenvalue weighted by molar-refractivity contribution is -0.121. The maximum atomic E-state index is 12.1. The Morgan fingerprint density at radius 3 is 2.67 bits per heavy atom. The van der Waals surface area contributed by atoms with E-state index in [1.165, 1.54) is 0 Å². The van der Waals surface area contributed by atoms with Gasteiger partial charge in [-0.05, 0) is 20.3 Å². The Balaban J connectivity index is 1.79. The van der Waals surface area contributed by atoms with Gasteiger partial charge in [0.05, 0.1) is 12.2 Å². The minimum Gasteiger partial charge on any atom is -0.349 e. The topological polar surface area (TPSA) is 85.8 Å². The van der Waals surface area contributed by atoms with Crippen molar-refractivity contribution in [2.75, 3.05) is 0 Å². The smallest absolute Gasteiger partial charge is 0.226 e. The normalized spacial score (nSPS) is 13.1. The number of nitrogens with one attached hydrogen (secondary N) is 1. The third-order valence-electron chi connectivity index (χ3n) is 4.05. The first-order chi connectivity index (χ1) is 11.2. The van der Waals surface area contributed by atoms with Crippen molar-refractivity contribution in [2.24, 2.45) is 7.05 Å². The molecule has 2 heterocycles. The molecule has 0 aromatic carbocycles. The minimum atomic E-state index is -0.129. The molecule has 2 aromatic heterocycles. The van der Waals surface area contributed by atoms with Gasteiger partial charge in [-0.25, -0.2) is 0 Å². The lowest BCUT2D eigenvalue weighted by atomic mass is 9.96. The molecule has 2 rings (SSSR count). The second-order valence-electron chi connectivity index (χ2n) is 7.21. The summed E-state index contributed by atoms with van der Waals surface area (Å²) in [4.78, 5) is 16.5. The van der Waals surface area contributed by atoms with E-state index in [1.54, 1.807) is 10.9 Å². The van der Waals surface area contributed by atoms with Gasteiger partial charge in [-0.15, -0.1) is 0 Å². The Labute approximate surface area is 142 Å². The molecule has 7 nitrogen and oxygen atoms in total. The summed E-state index contributed by atoms with van der Waals surface area (Å²) in [5, 5.41) is 11.2. The fourth-order valence-electron chi connectivity index (χ4n) is 2.39. The van der Waals surface area contributed by atoms with Gasteiger partial charge in [0.2, 0.25) is 11.8 Å². The fourth-order valence-corrected chi connectivity index (χ4v) is 2.39. The van der Waals surface area contributed by atoms with E-state index in [-0.39, 0.29) is 17.4 Å². The molecular weight excluding hydrogens is 306 g/mol. The zero-order valence-electron chi connectivity index (χ0n) is 15.4. The van der Waals surface area contributed by atoms with Crippen LogP contribution in [0.5, 0.6) is 0 Å². The number of hydrogen-bond donors (Lipinski definition) is 1. The molecular formula is C17H27N5O2. The predicted octanol–water partition coefficient (Wildman–Crippen LogP) is 2.61. The highest BCUT2D eigenvalue weighted by molar-refractivity contribution is 5.76. The molecule has 2 aromatic rings. The second-order valence-corrected chi connectivity index (χ2v) is 7.21. The van der Waals surface area contributed by atoms with E-state index in [1.807, 2.05) is 41.7 Å². The molecule has 132 valence electrons. The van der Waals surface area contributed by atoms with Crippen LogP contribution >= 0.6 is 0 Å². The van der Waals surface area contributed by atoms with Crippen LogP contribution in [-0.4, -0.2) is 25.8 Å². The van der Waals surface area contributed by atoms with Crippen LogP contribution in [-0.2, 0) is 23.7 Å². The maximum Gasteiger partial charge on any atom is 0.226 e. The van der Waals surface area contributed by atoms with Crippen LogP contribution in [0.4, 0.5) is 0 Å². The summed E-state index contributed by atoms with van der Waals surface area (Å²) in [6.45, 7) is 10.1. The van der Waals surface area contributed by atoms with Crippen molar-refractivity contribution in [3.05, 3.63) is 29.2 Å². The largest absolute Gasteiger partial charge is 0.349 e. The second kappa shape index (κ2) is 7.15. The summed E-state index contributed by atoms with van der Waals surface area (Å²) in [6.07, 6.45) is 3.51. The standard InChI is InChI=1S/C17H27N5O2/c1-11(13-10-18-22(6)12(13)2)19-14(23)8-7-9-15-20-16(21-24-15)17(3,4)5/h10-11H,7-9H2,1-6H3,(H,19,23). The minimum absolute atomic E-state index is 0.0151. The SMILES string of the molecule is Cc1c(C(C)NC(=O)CCCc2nc(C(C)(C)C)no2)cnn1C. The van der Waals surface area contributed by atoms with Gasteiger partial charge in [0.15, 0.2) is 5.82 Å².